The number of ether oxygens (including phenoxy) is 2. The Morgan fingerprint density at radius 1 is 1.29 bits per heavy atom. The lowest BCUT2D eigenvalue weighted by Crippen LogP contribution is -2.41. The highest BCUT2D eigenvalue weighted by atomic mass is 16.5. The first-order valence-electron chi connectivity index (χ1n) is 7.83. The number of allylic oxidation sites excluding steroid dienone is 1. The maximum atomic E-state index is 12.3. The summed E-state index contributed by atoms with van der Waals surface area (Å²) in [5.41, 5.74) is 0.971. The molecule has 1 aromatic carbocycles. The van der Waals surface area contributed by atoms with Crippen LogP contribution in [-0.2, 0) is 9.59 Å². The van der Waals surface area contributed by atoms with Crippen LogP contribution in [0, 0.1) is 0 Å². The molecule has 0 radical (unpaired) electrons. The molecular weight excluding hydrogens is 310 g/mol. The number of hydrogen-bond donors (Lipinski definition) is 1. The molecule has 132 valence electrons. The van der Waals surface area contributed by atoms with E-state index in [0.29, 0.717) is 11.5 Å². The summed E-state index contributed by atoms with van der Waals surface area (Å²) in [6.07, 6.45) is 3.76. The zero-order valence-electron chi connectivity index (χ0n) is 14.6. The molecule has 0 spiro atoms. The van der Waals surface area contributed by atoms with Crippen molar-refractivity contribution in [3.05, 3.63) is 29.8 Å². The van der Waals surface area contributed by atoms with Gasteiger partial charge in [0.1, 0.15) is 0 Å². The summed E-state index contributed by atoms with van der Waals surface area (Å²) in [5, 5.41) is 8.78. The molecule has 1 amide bonds. The number of carbonyl (C=O) groups excluding carboxylic acids is 1. The Bertz CT molecular complexity index is 595. The van der Waals surface area contributed by atoms with Gasteiger partial charge in [0.25, 0.3) is 5.91 Å². The first-order chi connectivity index (χ1) is 11.4. The molecule has 0 aliphatic rings. The molecule has 0 bridgehead atoms. The van der Waals surface area contributed by atoms with Crippen molar-refractivity contribution in [3.8, 4) is 11.5 Å². The van der Waals surface area contributed by atoms with Crippen molar-refractivity contribution >= 4 is 18.0 Å². The van der Waals surface area contributed by atoms with Crippen LogP contribution in [0.3, 0.4) is 0 Å². The van der Waals surface area contributed by atoms with Crippen LogP contribution in [0.1, 0.15) is 32.8 Å². The quantitative estimate of drug-likeness (QED) is 0.751. The number of carbonyl (C=O) groups is 2. The molecule has 0 unspecified atom stereocenters. The van der Waals surface area contributed by atoms with Crippen LogP contribution >= 0.6 is 0 Å². The normalized spacial score (nSPS) is 10.9. The van der Waals surface area contributed by atoms with Crippen molar-refractivity contribution < 1.29 is 24.2 Å². The van der Waals surface area contributed by atoms with Crippen molar-refractivity contribution in [1.29, 1.82) is 0 Å². The minimum absolute atomic E-state index is 0.0920. The van der Waals surface area contributed by atoms with E-state index in [2.05, 4.69) is 0 Å². The lowest BCUT2D eigenvalue weighted by Gasteiger charge is -2.26. The molecule has 1 rings (SSSR count). The molecule has 0 aliphatic heterocycles. The average molecular weight is 335 g/mol. The van der Waals surface area contributed by atoms with E-state index in [1.165, 1.54) is 12.0 Å². The van der Waals surface area contributed by atoms with E-state index < -0.39 is 5.97 Å². The van der Waals surface area contributed by atoms with Crippen LogP contribution in [-0.4, -0.2) is 48.2 Å². The predicted molar refractivity (Wildman–Crippen MR) is 92.3 cm³/mol. The van der Waals surface area contributed by atoms with Crippen LogP contribution in [0.4, 0.5) is 0 Å². The first-order valence-corrected chi connectivity index (χ1v) is 7.83. The third kappa shape index (κ3) is 5.95. The smallest absolute Gasteiger partial charge is 0.305 e. The molecule has 1 aromatic rings. The van der Waals surface area contributed by atoms with Crippen LogP contribution in [0.25, 0.3) is 6.08 Å². The standard InChI is InChI=1S/C18H25NO5/c1-5-6-14-7-8-15(16(11-14)23-4)24-12-17(20)19(13(2)3)10-9-18(21)22/h5-8,11,13H,9-10,12H2,1-4H3,(H,21,22)/b6-5+. The van der Waals surface area contributed by atoms with Crippen LogP contribution in [0.2, 0.25) is 0 Å². The third-order valence-corrected chi connectivity index (χ3v) is 3.41. The van der Waals surface area contributed by atoms with Gasteiger partial charge in [-0.25, -0.2) is 0 Å². The highest BCUT2D eigenvalue weighted by molar-refractivity contribution is 5.79. The van der Waals surface area contributed by atoms with Gasteiger partial charge >= 0.3 is 5.97 Å². The summed E-state index contributed by atoms with van der Waals surface area (Å²) >= 11 is 0. The number of carboxylic acids is 1. The third-order valence-electron chi connectivity index (χ3n) is 3.41. The maximum Gasteiger partial charge on any atom is 0.305 e. The van der Waals surface area contributed by atoms with E-state index >= 15 is 0 Å². The summed E-state index contributed by atoms with van der Waals surface area (Å²) in [5.74, 6) is -0.178. The molecule has 0 atom stereocenters. The van der Waals surface area contributed by atoms with Crippen LogP contribution in [0.15, 0.2) is 24.3 Å². The van der Waals surface area contributed by atoms with Crippen molar-refractivity contribution in [2.24, 2.45) is 0 Å². The van der Waals surface area contributed by atoms with Crippen LogP contribution < -0.4 is 9.47 Å². The van der Waals surface area contributed by atoms with Crippen molar-refractivity contribution in [3.63, 3.8) is 0 Å². The lowest BCUT2D eigenvalue weighted by molar-refractivity contribution is -0.139. The molecule has 24 heavy (non-hydrogen) atoms. The Hall–Kier alpha value is -2.50. The van der Waals surface area contributed by atoms with E-state index in [-0.39, 0.29) is 31.5 Å². The summed E-state index contributed by atoms with van der Waals surface area (Å²) in [6.45, 7) is 5.59. The summed E-state index contributed by atoms with van der Waals surface area (Å²) in [6, 6.07) is 5.34. The molecule has 0 aromatic heterocycles. The number of carboxylic acid groups (broad SMARTS) is 1. The number of aliphatic carboxylic acids is 1. The summed E-state index contributed by atoms with van der Waals surface area (Å²) in [7, 11) is 1.54. The number of hydrogen-bond acceptors (Lipinski definition) is 4. The van der Waals surface area contributed by atoms with Crippen molar-refractivity contribution in [1.82, 2.24) is 4.90 Å². The van der Waals surface area contributed by atoms with Gasteiger partial charge in [-0.2, -0.15) is 0 Å². The van der Waals surface area contributed by atoms with Gasteiger partial charge < -0.3 is 19.5 Å². The molecular formula is C18H25NO5. The van der Waals surface area contributed by atoms with Gasteiger partial charge in [-0.05, 0) is 38.5 Å². The molecule has 0 saturated heterocycles. The van der Waals surface area contributed by atoms with E-state index in [1.54, 1.807) is 6.07 Å². The first kappa shape index (κ1) is 19.5. The zero-order chi connectivity index (χ0) is 18.1. The van der Waals surface area contributed by atoms with Gasteiger partial charge in [0.05, 0.1) is 13.5 Å². The van der Waals surface area contributed by atoms with E-state index in [9.17, 15) is 9.59 Å². The number of methoxy groups -OCH3 is 1. The molecule has 6 heteroatoms. The van der Waals surface area contributed by atoms with Gasteiger partial charge in [-0.1, -0.05) is 18.2 Å². The monoisotopic (exact) mass is 335 g/mol. The molecule has 0 fully saturated rings. The predicted octanol–water partition coefficient (Wildman–Crippen LogP) is 2.82. The van der Waals surface area contributed by atoms with E-state index in [4.69, 9.17) is 14.6 Å². The van der Waals surface area contributed by atoms with E-state index in [0.717, 1.165) is 5.56 Å². The summed E-state index contributed by atoms with van der Waals surface area (Å²) < 4.78 is 10.9. The Labute approximate surface area is 142 Å². The van der Waals surface area contributed by atoms with Crippen LogP contribution in [0.5, 0.6) is 11.5 Å². The van der Waals surface area contributed by atoms with Gasteiger partial charge in [0.15, 0.2) is 18.1 Å². The Kier molecular flexibility index (Phi) is 7.82. The Balaban J connectivity index is 2.75. The molecule has 1 N–H and O–H groups in total. The maximum absolute atomic E-state index is 12.3. The molecule has 0 aliphatic carbocycles. The largest absolute Gasteiger partial charge is 0.493 e. The fraction of sp³-hybridized carbons (Fsp3) is 0.444. The Morgan fingerprint density at radius 2 is 2.00 bits per heavy atom. The summed E-state index contributed by atoms with van der Waals surface area (Å²) in [4.78, 5) is 24.5. The van der Waals surface area contributed by atoms with Gasteiger partial charge in [-0.3, -0.25) is 9.59 Å². The average Bonchev–Trinajstić information content (AvgIpc) is 2.53. The molecule has 0 saturated carbocycles. The SMILES string of the molecule is C/C=C/c1ccc(OCC(=O)N(CCC(=O)O)C(C)C)c(OC)c1. The van der Waals surface area contributed by atoms with Gasteiger partial charge in [-0.15, -0.1) is 0 Å². The second kappa shape index (κ2) is 9.60. The highest BCUT2D eigenvalue weighted by Gasteiger charge is 2.19. The number of benzene rings is 1. The fourth-order valence-corrected chi connectivity index (χ4v) is 2.21. The molecule has 6 nitrogen and oxygen atoms in total. The minimum Gasteiger partial charge on any atom is -0.493 e. The number of nitrogens with zero attached hydrogens (tertiary/aromatic N) is 1. The molecule has 0 heterocycles. The van der Waals surface area contributed by atoms with Crippen molar-refractivity contribution in [2.45, 2.75) is 33.2 Å². The topological polar surface area (TPSA) is 76.1 Å². The minimum atomic E-state index is -0.935. The second-order valence-corrected chi connectivity index (χ2v) is 5.52. The number of amides is 1. The number of rotatable bonds is 9. The Morgan fingerprint density at radius 3 is 2.54 bits per heavy atom. The zero-order valence-corrected chi connectivity index (χ0v) is 14.6. The van der Waals surface area contributed by atoms with Gasteiger partial charge in [0, 0.05) is 12.6 Å². The lowest BCUT2D eigenvalue weighted by atomic mass is 10.2. The van der Waals surface area contributed by atoms with Gasteiger partial charge in [0.2, 0.25) is 0 Å². The van der Waals surface area contributed by atoms with E-state index in [1.807, 2.05) is 45.1 Å². The van der Waals surface area contributed by atoms with Crippen molar-refractivity contribution in [2.75, 3.05) is 20.3 Å². The second-order valence-electron chi connectivity index (χ2n) is 5.52. The highest BCUT2D eigenvalue weighted by Crippen LogP contribution is 2.28. The fourth-order valence-electron chi connectivity index (χ4n) is 2.21.